The molecule has 150 valence electrons. The van der Waals surface area contributed by atoms with Crippen LogP contribution in [0.15, 0.2) is 83.9 Å². The topological polar surface area (TPSA) is 40.5 Å². The minimum Gasteiger partial charge on any atom is -0.238 e. The Kier molecular flexibility index (Phi) is 4.00. The molecule has 4 aromatic carbocycles. The molecule has 0 amide bonds. The number of hydrogen-bond donors (Lipinski definition) is 0. The summed E-state index contributed by atoms with van der Waals surface area (Å²) < 4.78 is 0. The predicted octanol–water partition coefficient (Wildman–Crippen LogP) is 6.67. The van der Waals surface area contributed by atoms with E-state index in [1.54, 1.807) is 0 Å². The highest BCUT2D eigenvalue weighted by Gasteiger charge is 2.46. The molecule has 0 N–H and O–H groups in total. The van der Waals surface area contributed by atoms with Gasteiger partial charge in [-0.15, -0.1) is 0 Å². The highest BCUT2D eigenvalue weighted by Crippen LogP contribution is 2.48. The third kappa shape index (κ3) is 2.69. The monoisotopic (exact) mass is 409 g/mol. The molecule has 32 heavy (non-hydrogen) atoms. The van der Waals surface area contributed by atoms with Gasteiger partial charge in [0.05, 0.1) is 12.3 Å². The van der Waals surface area contributed by atoms with Crippen LogP contribution in [0.3, 0.4) is 0 Å². The Hall–Kier alpha value is -4.21. The fourth-order valence-electron chi connectivity index (χ4n) is 5.73. The molecule has 2 aliphatic carbocycles. The molecule has 0 unspecified atom stereocenters. The van der Waals surface area contributed by atoms with E-state index in [0.29, 0.717) is 5.69 Å². The van der Waals surface area contributed by atoms with Crippen molar-refractivity contribution in [1.29, 1.82) is 5.26 Å². The van der Waals surface area contributed by atoms with Gasteiger partial charge >= 0.3 is 0 Å². The predicted molar refractivity (Wildman–Crippen MR) is 128 cm³/mol. The number of rotatable bonds is 1. The van der Waals surface area contributed by atoms with Gasteiger partial charge in [-0.25, -0.2) is 4.85 Å². The van der Waals surface area contributed by atoms with Gasteiger partial charge in [-0.3, -0.25) is 0 Å². The quantitative estimate of drug-likeness (QED) is 0.256. The summed E-state index contributed by atoms with van der Waals surface area (Å²) in [7, 11) is 0. The second-order valence-electron chi connectivity index (χ2n) is 8.84. The zero-order valence-electron chi connectivity index (χ0n) is 17.5. The first-order chi connectivity index (χ1) is 15.7. The molecule has 0 bridgehead atoms. The third-order valence-electron chi connectivity index (χ3n) is 7.00. The van der Waals surface area contributed by atoms with Crippen molar-refractivity contribution in [2.45, 2.75) is 19.3 Å². The maximum atomic E-state index is 9.60. The van der Waals surface area contributed by atoms with E-state index in [-0.39, 0.29) is 5.41 Å². The van der Waals surface area contributed by atoms with Crippen LogP contribution in [0.25, 0.3) is 26.7 Å². The molecule has 1 spiro atoms. The smallest absolute Gasteiger partial charge is 0.205 e. The van der Waals surface area contributed by atoms with Crippen molar-refractivity contribution in [2.24, 2.45) is 10.4 Å². The fraction of sp³-hybridized carbons (Fsp3) is 0.138. The van der Waals surface area contributed by atoms with Crippen LogP contribution in [0, 0.1) is 23.4 Å². The number of hydrogen-bond acceptors (Lipinski definition) is 2. The van der Waals surface area contributed by atoms with Crippen LogP contribution in [0.2, 0.25) is 0 Å². The molecule has 0 saturated heterocycles. The molecule has 0 atom stereocenters. The van der Waals surface area contributed by atoms with E-state index in [4.69, 9.17) is 6.57 Å². The molecule has 0 aliphatic heterocycles. The van der Waals surface area contributed by atoms with Gasteiger partial charge in [-0.05, 0) is 70.0 Å². The van der Waals surface area contributed by atoms with Gasteiger partial charge in [0.1, 0.15) is 0 Å². The average molecular weight is 409 g/mol. The Labute approximate surface area is 187 Å². The van der Waals surface area contributed by atoms with Crippen molar-refractivity contribution in [3.05, 3.63) is 113 Å². The fourth-order valence-corrected chi connectivity index (χ4v) is 5.73. The molecule has 0 aromatic heterocycles. The van der Waals surface area contributed by atoms with Crippen LogP contribution in [0.5, 0.6) is 0 Å². The highest BCUT2D eigenvalue weighted by molar-refractivity contribution is 6.11. The highest BCUT2D eigenvalue weighted by atomic mass is 14.8. The van der Waals surface area contributed by atoms with E-state index in [1.165, 1.54) is 27.5 Å². The Morgan fingerprint density at radius 2 is 1.50 bits per heavy atom. The molecule has 0 saturated carbocycles. The van der Waals surface area contributed by atoms with Crippen molar-refractivity contribution >= 4 is 22.2 Å². The summed E-state index contributed by atoms with van der Waals surface area (Å²) in [5.74, 6) is 0. The van der Waals surface area contributed by atoms with E-state index in [0.717, 1.165) is 41.7 Å². The van der Waals surface area contributed by atoms with E-state index >= 15 is 0 Å². The molecule has 0 radical (unpaired) electrons. The lowest BCUT2D eigenvalue weighted by Crippen LogP contribution is -2.36. The molecule has 3 heteroatoms. The van der Waals surface area contributed by atoms with Crippen molar-refractivity contribution in [3.8, 4) is 17.3 Å². The largest absolute Gasteiger partial charge is 0.238 e. The molecule has 0 heterocycles. The minimum atomic E-state index is -0.197. The van der Waals surface area contributed by atoms with Crippen LogP contribution in [-0.4, -0.2) is 5.71 Å². The molecule has 2 aliphatic rings. The van der Waals surface area contributed by atoms with Crippen molar-refractivity contribution in [1.82, 2.24) is 0 Å². The molecule has 6 rings (SSSR count). The Balaban J connectivity index is 1.49. The summed E-state index contributed by atoms with van der Waals surface area (Å²) in [5.41, 5.74) is 8.40. The van der Waals surface area contributed by atoms with Crippen LogP contribution < -0.4 is 0 Å². The normalized spacial score (nSPS) is 16.6. The second kappa shape index (κ2) is 6.91. The Morgan fingerprint density at radius 1 is 0.812 bits per heavy atom. The van der Waals surface area contributed by atoms with E-state index < -0.39 is 0 Å². The lowest BCUT2D eigenvalue weighted by atomic mass is 9.68. The first kappa shape index (κ1) is 18.6. The number of fused-ring (bicyclic) bond motifs is 1. The van der Waals surface area contributed by atoms with Crippen molar-refractivity contribution < 1.29 is 0 Å². The maximum absolute atomic E-state index is 9.60. The van der Waals surface area contributed by atoms with Crippen LogP contribution >= 0.6 is 0 Å². The zero-order valence-corrected chi connectivity index (χ0v) is 17.5. The minimum absolute atomic E-state index is 0.197. The summed E-state index contributed by atoms with van der Waals surface area (Å²) in [6.45, 7) is 7.32. The molecule has 3 nitrogen and oxygen atoms in total. The number of benzene rings is 4. The summed E-state index contributed by atoms with van der Waals surface area (Å²) in [6, 6.07) is 27.2. The number of nitrogens with zero attached hydrogens (tertiary/aromatic N) is 3. The van der Waals surface area contributed by atoms with Gasteiger partial charge in [0, 0.05) is 11.0 Å². The van der Waals surface area contributed by atoms with E-state index in [2.05, 4.69) is 70.6 Å². The van der Waals surface area contributed by atoms with Gasteiger partial charge in [0.25, 0.3) is 0 Å². The summed E-state index contributed by atoms with van der Waals surface area (Å²) in [6.07, 6.45) is 4.76. The van der Waals surface area contributed by atoms with Crippen molar-refractivity contribution in [3.63, 3.8) is 0 Å². The average Bonchev–Trinajstić information content (AvgIpc) is 3.11. The molecular formula is C29H19N3. The number of aliphatic imine (C=N–C) groups is 1. The standard InChI is InChI=1S/C29H19N3/c1-31-25-10-4-7-20(13-25)21-11-12-22-15-29(28(32-18-30)26(22)14-21)16-23-8-2-5-19-6-3-9-24(17-29)27(19)23/h2-14H,15-17H2/b32-28-. The van der Waals surface area contributed by atoms with Gasteiger partial charge < -0.3 is 0 Å². The first-order valence-corrected chi connectivity index (χ1v) is 10.8. The molecule has 0 fully saturated rings. The SMILES string of the molecule is [C-]#[N+]c1cccc(-c2ccc3c(c2)/C(=N/C#N)C2(C3)Cc3cccc4cccc(c34)C2)c1. The van der Waals surface area contributed by atoms with Crippen LogP contribution in [0.1, 0.15) is 22.3 Å². The Bertz CT molecular complexity index is 1490. The maximum Gasteiger partial charge on any atom is 0.205 e. The second-order valence-corrected chi connectivity index (χ2v) is 8.84. The van der Waals surface area contributed by atoms with Gasteiger partial charge in [-0.2, -0.15) is 10.3 Å². The zero-order chi connectivity index (χ0) is 21.7. The Morgan fingerprint density at radius 3 is 2.22 bits per heavy atom. The van der Waals surface area contributed by atoms with Gasteiger partial charge in [-0.1, -0.05) is 66.7 Å². The number of nitriles is 1. The molecule has 4 aromatic rings. The summed E-state index contributed by atoms with van der Waals surface area (Å²) in [4.78, 5) is 7.99. The van der Waals surface area contributed by atoms with Crippen LogP contribution in [-0.2, 0) is 19.3 Å². The summed E-state index contributed by atoms with van der Waals surface area (Å²) in [5, 5.41) is 12.2. The lowest BCUT2D eigenvalue weighted by molar-refractivity contribution is 0.419. The van der Waals surface area contributed by atoms with Gasteiger partial charge in [0.15, 0.2) is 5.69 Å². The first-order valence-electron chi connectivity index (χ1n) is 10.8. The van der Waals surface area contributed by atoms with E-state index in [9.17, 15) is 5.26 Å². The van der Waals surface area contributed by atoms with Crippen molar-refractivity contribution in [2.75, 3.05) is 0 Å². The third-order valence-corrected chi connectivity index (χ3v) is 7.00. The van der Waals surface area contributed by atoms with Gasteiger partial charge in [0.2, 0.25) is 6.19 Å². The lowest BCUT2D eigenvalue weighted by Gasteiger charge is -2.35. The van der Waals surface area contributed by atoms with E-state index in [1.807, 2.05) is 24.3 Å². The summed E-state index contributed by atoms with van der Waals surface area (Å²) >= 11 is 0. The molecular weight excluding hydrogens is 390 g/mol. The van der Waals surface area contributed by atoms with Crippen LogP contribution in [0.4, 0.5) is 5.69 Å².